The molecule has 2 amide bonds. The first-order valence-corrected chi connectivity index (χ1v) is 11.3. The molecule has 7 heteroatoms. The number of hydrogen-bond donors (Lipinski definition) is 3. The number of rotatable bonds is 11. The molecule has 0 unspecified atom stereocenters. The largest absolute Gasteiger partial charge is 0.478 e. The second-order valence-corrected chi connectivity index (χ2v) is 10.2. The van der Waals surface area contributed by atoms with Gasteiger partial charge in [-0.05, 0) is 44.9 Å². The Kier molecular flexibility index (Phi) is 10.9. The van der Waals surface area contributed by atoms with E-state index in [1.165, 1.54) is 6.92 Å². The summed E-state index contributed by atoms with van der Waals surface area (Å²) in [7, 11) is 1.67. The van der Waals surface area contributed by atoms with E-state index < -0.39 is 29.0 Å². The van der Waals surface area contributed by atoms with Crippen molar-refractivity contribution in [3.8, 4) is 0 Å². The van der Waals surface area contributed by atoms with Gasteiger partial charge in [-0.1, -0.05) is 54.5 Å². The van der Waals surface area contributed by atoms with Crippen molar-refractivity contribution in [3.05, 3.63) is 11.6 Å². The number of nitrogens with zero attached hydrogens (tertiary/aromatic N) is 1. The zero-order chi connectivity index (χ0) is 24.7. The predicted octanol–water partition coefficient (Wildman–Crippen LogP) is 3.59. The smallest absolute Gasteiger partial charge is 0.331 e. The van der Waals surface area contributed by atoms with Crippen molar-refractivity contribution < 1.29 is 19.5 Å². The second kappa shape index (κ2) is 11.7. The van der Waals surface area contributed by atoms with Gasteiger partial charge in [-0.25, -0.2) is 4.79 Å². The lowest BCUT2D eigenvalue weighted by atomic mass is 9.83. The van der Waals surface area contributed by atoms with Crippen molar-refractivity contribution in [2.75, 3.05) is 7.05 Å². The van der Waals surface area contributed by atoms with Gasteiger partial charge < -0.3 is 20.6 Å². The molecule has 0 bridgehead atoms. The van der Waals surface area contributed by atoms with Crippen LogP contribution in [0.2, 0.25) is 0 Å². The van der Waals surface area contributed by atoms with Crippen LogP contribution < -0.4 is 10.6 Å². The first-order valence-electron chi connectivity index (χ1n) is 11.3. The standard InChI is InChI=1S/C24H45N3O4/c1-12-24(13-2,26-16(5)6)22(31)25-19(23(8,9)10)20(28)27(11)18(15(3)4)14-17(7)21(29)30/h14-16,18-19,26H,12-13H2,1-11H3,(H,25,31)(H,29,30)/b17-14+/t18-,19-/m1/s1. The Labute approximate surface area is 189 Å². The molecule has 0 aromatic heterocycles. The molecular formula is C24H45N3O4. The van der Waals surface area contributed by atoms with E-state index in [0.29, 0.717) is 12.8 Å². The van der Waals surface area contributed by atoms with Crippen molar-refractivity contribution in [1.29, 1.82) is 0 Å². The SMILES string of the molecule is CCC(CC)(NC(C)C)C(=O)N[C@H](C(=O)N(C)[C@H](/C=C(\C)C(=O)O)C(C)C)C(C)(C)C. The average molecular weight is 440 g/mol. The van der Waals surface area contributed by atoms with Crippen LogP contribution in [0.1, 0.15) is 82.1 Å². The van der Waals surface area contributed by atoms with Crippen molar-refractivity contribution in [1.82, 2.24) is 15.5 Å². The number of nitrogens with one attached hydrogen (secondary N) is 2. The number of aliphatic carboxylic acids is 1. The van der Waals surface area contributed by atoms with Crippen LogP contribution in [0, 0.1) is 11.3 Å². The minimum absolute atomic E-state index is 0.00699. The molecule has 0 aliphatic carbocycles. The van der Waals surface area contributed by atoms with Gasteiger partial charge in [-0.15, -0.1) is 0 Å². The van der Waals surface area contributed by atoms with E-state index in [2.05, 4.69) is 10.6 Å². The van der Waals surface area contributed by atoms with Crippen molar-refractivity contribution in [2.24, 2.45) is 11.3 Å². The molecule has 180 valence electrons. The zero-order valence-electron chi connectivity index (χ0n) is 21.4. The highest BCUT2D eigenvalue weighted by molar-refractivity contribution is 5.93. The first-order chi connectivity index (χ1) is 14.0. The topological polar surface area (TPSA) is 98.7 Å². The molecule has 0 aliphatic heterocycles. The molecule has 0 radical (unpaired) electrons. The molecule has 31 heavy (non-hydrogen) atoms. The highest BCUT2D eigenvalue weighted by atomic mass is 16.4. The lowest BCUT2D eigenvalue weighted by Crippen LogP contribution is -2.64. The van der Waals surface area contributed by atoms with Crippen molar-refractivity contribution in [3.63, 3.8) is 0 Å². The fourth-order valence-corrected chi connectivity index (χ4v) is 3.74. The number of carboxylic acid groups (broad SMARTS) is 1. The van der Waals surface area contributed by atoms with E-state index in [1.807, 2.05) is 62.3 Å². The molecule has 0 heterocycles. The Bertz CT molecular complexity index is 658. The number of likely N-dealkylation sites (N-methyl/N-ethyl adjacent to an activating group) is 1. The van der Waals surface area contributed by atoms with Crippen LogP contribution in [0.3, 0.4) is 0 Å². The molecule has 0 saturated carbocycles. The minimum Gasteiger partial charge on any atom is -0.478 e. The van der Waals surface area contributed by atoms with E-state index in [0.717, 1.165) is 0 Å². The van der Waals surface area contributed by atoms with Gasteiger partial charge in [0.05, 0.1) is 11.6 Å². The van der Waals surface area contributed by atoms with Crippen LogP contribution in [-0.4, -0.2) is 58.5 Å². The van der Waals surface area contributed by atoms with Gasteiger partial charge in [0.1, 0.15) is 6.04 Å². The summed E-state index contributed by atoms with van der Waals surface area (Å²) >= 11 is 0. The third-order valence-electron chi connectivity index (χ3n) is 5.83. The van der Waals surface area contributed by atoms with Gasteiger partial charge in [0.15, 0.2) is 0 Å². The number of carbonyl (C=O) groups is 3. The molecule has 0 fully saturated rings. The maximum atomic E-state index is 13.6. The Morgan fingerprint density at radius 3 is 1.84 bits per heavy atom. The monoisotopic (exact) mass is 439 g/mol. The van der Waals surface area contributed by atoms with Crippen LogP contribution in [0.25, 0.3) is 0 Å². The number of amides is 2. The average Bonchev–Trinajstić information content (AvgIpc) is 2.65. The van der Waals surface area contributed by atoms with E-state index >= 15 is 0 Å². The van der Waals surface area contributed by atoms with Crippen LogP contribution in [0.15, 0.2) is 11.6 Å². The zero-order valence-corrected chi connectivity index (χ0v) is 21.4. The quantitative estimate of drug-likeness (QED) is 0.427. The molecule has 0 saturated heterocycles. The predicted molar refractivity (Wildman–Crippen MR) is 126 cm³/mol. The van der Waals surface area contributed by atoms with Crippen LogP contribution in [0.4, 0.5) is 0 Å². The number of carboxylic acids is 1. The maximum Gasteiger partial charge on any atom is 0.331 e. The Hall–Kier alpha value is -1.89. The van der Waals surface area contributed by atoms with Gasteiger partial charge in [-0.3, -0.25) is 9.59 Å². The molecular weight excluding hydrogens is 394 g/mol. The Balaban J connectivity index is 6.04. The summed E-state index contributed by atoms with van der Waals surface area (Å²) in [6, 6.07) is -1.04. The summed E-state index contributed by atoms with van der Waals surface area (Å²) in [6.45, 7) is 19.1. The Morgan fingerprint density at radius 1 is 1.03 bits per heavy atom. The molecule has 0 aromatic carbocycles. The van der Waals surface area contributed by atoms with Gasteiger partial charge in [0, 0.05) is 18.7 Å². The van der Waals surface area contributed by atoms with Crippen LogP contribution in [-0.2, 0) is 14.4 Å². The summed E-state index contributed by atoms with van der Waals surface area (Å²) in [5, 5.41) is 15.7. The summed E-state index contributed by atoms with van der Waals surface area (Å²) in [5.41, 5.74) is -1.10. The van der Waals surface area contributed by atoms with E-state index in [1.54, 1.807) is 18.0 Å². The maximum absolute atomic E-state index is 13.6. The highest BCUT2D eigenvalue weighted by Gasteiger charge is 2.42. The summed E-state index contributed by atoms with van der Waals surface area (Å²) in [6.07, 6.45) is 2.81. The van der Waals surface area contributed by atoms with Crippen LogP contribution >= 0.6 is 0 Å². The lowest BCUT2D eigenvalue weighted by Gasteiger charge is -2.40. The molecule has 0 rings (SSSR count). The van der Waals surface area contributed by atoms with Gasteiger partial charge in [-0.2, -0.15) is 0 Å². The van der Waals surface area contributed by atoms with Gasteiger partial charge in [0.25, 0.3) is 0 Å². The summed E-state index contributed by atoms with van der Waals surface area (Å²) in [4.78, 5) is 39.8. The number of carbonyl (C=O) groups excluding carboxylic acids is 2. The fraction of sp³-hybridized carbons (Fsp3) is 0.792. The number of hydrogen-bond acceptors (Lipinski definition) is 4. The second-order valence-electron chi connectivity index (χ2n) is 10.2. The van der Waals surface area contributed by atoms with Gasteiger partial charge in [0.2, 0.25) is 11.8 Å². The van der Waals surface area contributed by atoms with E-state index in [4.69, 9.17) is 0 Å². The third-order valence-corrected chi connectivity index (χ3v) is 5.83. The summed E-state index contributed by atoms with van der Waals surface area (Å²) < 4.78 is 0. The lowest BCUT2D eigenvalue weighted by molar-refractivity contribution is -0.142. The highest BCUT2D eigenvalue weighted by Crippen LogP contribution is 2.25. The fourth-order valence-electron chi connectivity index (χ4n) is 3.74. The molecule has 7 nitrogen and oxygen atoms in total. The normalized spacial score (nSPS) is 15.1. The van der Waals surface area contributed by atoms with Crippen molar-refractivity contribution in [2.45, 2.75) is 106 Å². The van der Waals surface area contributed by atoms with E-state index in [9.17, 15) is 19.5 Å². The molecule has 2 atom stereocenters. The van der Waals surface area contributed by atoms with Gasteiger partial charge >= 0.3 is 5.97 Å². The minimum atomic E-state index is -1.01. The van der Waals surface area contributed by atoms with E-state index in [-0.39, 0.29) is 29.3 Å². The molecule has 3 N–H and O–H groups in total. The first kappa shape index (κ1) is 29.1. The molecule has 0 spiro atoms. The Morgan fingerprint density at radius 2 is 1.52 bits per heavy atom. The van der Waals surface area contributed by atoms with Crippen molar-refractivity contribution >= 4 is 17.8 Å². The molecule has 0 aliphatic rings. The van der Waals surface area contributed by atoms with Crippen LogP contribution in [0.5, 0.6) is 0 Å². The third kappa shape index (κ3) is 7.95. The summed E-state index contributed by atoms with van der Waals surface area (Å²) in [5.74, 6) is -1.43. The molecule has 0 aromatic rings.